The van der Waals surface area contributed by atoms with Crippen LogP contribution in [0.1, 0.15) is 7.43 Å². The summed E-state index contributed by atoms with van der Waals surface area (Å²) in [7, 11) is 0. The van der Waals surface area contributed by atoms with Crippen LogP contribution in [0, 0.1) is 5.39 Å². The Labute approximate surface area is 89.8 Å². The van der Waals surface area contributed by atoms with E-state index in [-0.39, 0.29) is 7.43 Å². The van der Waals surface area contributed by atoms with E-state index < -0.39 is 0 Å². The molecule has 0 N–H and O–H groups in total. The Morgan fingerprint density at radius 2 is 1.40 bits per heavy atom. The Balaban J connectivity index is 0.00000112. The Morgan fingerprint density at radius 1 is 0.800 bits per heavy atom. The summed E-state index contributed by atoms with van der Waals surface area (Å²) in [4.78, 5) is 3.25. The zero-order valence-corrected chi connectivity index (χ0v) is 7.59. The van der Waals surface area contributed by atoms with E-state index in [0.29, 0.717) is 5.69 Å². The van der Waals surface area contributed by atoms with Crippen LogP contribution in [0.5, 0.6) is 0 Å². The van der Waals surface area contributed by atoms with Crippen molar-refractivity contribution in [3.63, 3.8) is 0 Å². The van der Waals surface area contributed by atoms with Crippen LogP contribution < -0.4 is 0 Å². The number of diazo groups is 1. The minimum atomic E-state index is 0. The van der Waals surface area contributed by atoms with Crippen LogP contribution in [0.4, 0.5) is 5.69 Å². The van der Waals surface area contributed by atoms with Crippen LogP contribution in [-0.4, -0.2) is 0 Å². The molecule has 0 aromatic heterocycles. The van der Waals surface area contributed by atoms with Gasteiger partial charge in [-0.25, -0.2) is 0 Å². The first-order valence-corrected chi connectivity index (χ1v) is 4.41. The second-order valence-corrected chi connectivity index (χ2v) is 2.98. The maximum absolute atomic E-state index is 8.80. The molecule has 0 heterocycles. The van der Waals surface area contributed by atoms with Crippen LogP contribution in [0.3, 0.4) is 0 Å². The summed E-state index contributed by atoms with van der Waals surface area (Å²) in [6.07, 6.45) is 0. The summed E-state index contributed by atoms with van der Waals surface area (Å²) in [6.45, 7) is 0. The molecule has 2 aromatic carbocycles. The second-order valence-electron chi connectivity index (χ2n) is 2.98. The molecule has 74 valence electrons. The fourth-order valence-corrected chi connectivity index (χ4v) is 1.42. The van der Waals surface area contributed by atoms with Gasteiger partial charge >= 0.3 is 5.69 Å². The highest BCUT2D eigenvalue weighted by Crippen LogP contribution is 2.29. The summed E-state index contributed by atoms with van der Waals surface area (Å²) in [5.41, 5.74) is 2.59. The van der Waals surface area contributed by atoms with Crippen LogP contribution in [0.2, 0.25) is 0 Å². The lowest BCUT2D eigenvalue weighted by Crippen LogP contribution is -1.75. The summed E-state index contributed by atoms with van der Waals surface area (Å²) in [6, 6.07) is 17.4. The van der Waals surface area contributed by atoms with Gasteiger partial charge < -0.3 is 0 Å². The molecule has 2 aromatic rings. The molecule has 0 spiro atoms. The maximum Gasteiger partial charge on any atom is 0.392 e. The largest absolute Gasteiger partial charge is 0.392 e. The van der Waals surface area contributed by atoms with Gasteiger partial charge in [-0.2, -0.15) is 0 Å². The Kier molecular flexibility index (Phi) is 3.59. The van der Waals surface area contributed by atoms with Crippen molar-refractivity contribution in [3.05, 3.63) is 59.6 Å². The third kappa shape index (κ3) is 2.21. The molecule has 0 unspecified atom stereocenters. The van der Waals surface area contributed by atoms with Gasteiger partial charge in [0.15, 0.2) is 4.98 Å². The molecular weight excluding hydrogens is 184 g/mol. The molecule has 0 atom stereocenters. The number of benzene rings is 2. The lowest BCUT2D eigenvalue weighted by atomic mass is 10.0. The number of nitrogens with zero attached hydrogens (tertiary/aromatic N) is 2. The van der Waals surface area contributed by atoms with E-state index in [1.807, 2.05) is 48.5 Å². The molecule has 15 heavy (non-hydrogen) atoms. The van der Waals surface area contributed by atoms with E-state index >= 15 is 0 Å². The fourth-order valence-electron chi connectivity index (χ4n) is 1.42. The van der Waals surface area contributed by atoms with Crippen LogP contribution in [-0.2, 0) is 0 Å². The smallest absolute Gasteiger partial charge is 0.0776 e. The highest BCUT2D eigenvalue weighted by Gasteiger charge is 2.12. The topological polar surface area (TPSA) is 28.1 Å². The van der Waals surface area contributed by atoms with Crippen molar-refractivity contribution in [1.82, 2.24) is 0 Å². The highest BCUT2D eigenvalue weighted by atomic mass is 14.8. The molecule has 2 nitrogen and oxygen atoms in total. The summed E-state index contributed by atoms with van der Waals surface area (Å²) in [5.74, 6) is 0. The SMILES string of the molecule is C.N#[N+]c1ccccc1-c1ccccc1. The molecular formula is C13H13N2+. The Morgan fingerprint density at radius 3 is 2.07 bits per heavy atom. The zero-order chi connectivity index (χ0) is 9.80. The van der Waals surface area contributed by atoms with Crippen LogP contribution >= 0.6 is 0 Å². The van der Waals surface area contributed by atoms with E-state index in [1.54, 1.807) is 6.07 Å². The van der Waals surface area contributed by atoms with Gasteiger partial charge in [0, 0.05) is 6.07 Å². The molecule has 0 bridgehead atoms. The third-order valence-corrected chi connectivity index (χ3v) is 2.10. The fraction of sp³-hybridized carbons (Fsp3) is 0.0769. The first-order valence-electron chi connectivity index (χ1n) is 4.41. The highest BCUT2D eigenvalue weighted by molar-refractivity contribution is 5.77. The molecule has 2 heteroatoms. The molecule has 2 rings (SSSR count). The first kappa shape index (κ1) is 10.9. The number of hydrogen-bond acceptors (Lipinski definition) is 1. The average molecular weight is 197 g/mol. The van der Waals surface area contributed by atoms with E-state index in [0.717, 1.165) is 11.1 Å². The third-order valence-electron chi connectivity index (χ3n) is 2.10. The summed E-state index contributed by atoms with van der Waals surface area (Å²) >= 11 is 0. The molecule has 0 fully saturated rings. The van der Waals surface area contributed by atoms with Crippen molar-refractivity contribution in [1.29, 1.82) is 5.39 Å². The van der Waals surface area contributed by atoms with Crippen molar-refractivity contribution in [2.24, 2.45) is 0 Å². The molecule has 0 aliphatic rings. The van der Waals surface area contributed by atoms with Crippen molar-refractivity contribution in [3.8, 4) is 11.1 Å². The monoisotopic (exact) mass is 197 g/mol. The lowest BCUT2D eigenvalue weighted by molar-refractivity contribution is 1.46. The van der Waals surface area contributed by atoms with Crippen LogP contribution in [0.25, 0.3) is 16.1 Å². The minimum absolute atomic E-state index is 0. The van der Waals surface area contributed by atoms with Crippen LogP contribution in [0.15, 0.2) is 54.6 Å². The van der Waals surface area contributed by atoms with Crippen molar-refractivity contribution in [2.75, 3.05) is 0 Å². The van der Waals surface area contributed by atoms with E-state index in [1.165, 1.54) is 0 Å². The molecule has 0 amide bonds. The van der Waals surface area contributed by atoms with Gasteiger partial charge in [-0.3, -0.25) is 0 Å². The molecule has 0 aliphatic carbocycles. The Hall–Kier alpha value is -2.14. The minimum Gasteiger partial charge on any atom is -0.0776 e. The van der Waals surface area contributed by atoms with Gasteiger partial charge in [0.25, 0.3) is 0 Å². The summed E-state index contributed by atoms with van der Waals surface area (Å²) < 4.78 is 0. The Bertz CT molecular complexity index is 469. The van der Waals surface area contributed by atoms with Crippen molar-refractivity contribution >= 4 is 5.69 Å². The van der Waals surface area contributed by atoms with E-state index in [9.17, 15) is 0 Å². The normalized spacial score (nSPS) is 8.73. The first-order chi connectivity index (χ1) is 6.92. The van der Waals surface area contributed by atoms with E-state index in [4.69, 9.17) is 5.39 Å². The lowest BCUT2D eigenvalue weighted by Gasteiger charge is -1.96. The van der Waals surface area contributed by atoms with Crippen molar-refractivity contribution < 1.29 is 0 Å². The number of rotatable bonds is 1. The van der Waals surface area contributed by atoms with Gasteiger partial charge in [0.1, 0.15) is 0 Å². The predicted octanol–water partition coefficient (Wildman–Crippen LogP) is 4.47. The van der Waals surface area contributed by atoms with Gasteiger partial charge in [-0.15, -0.1) is 0 Å². The van der Waals surface area contributed by atoms with Gasteiger partial charge in [0.2, 0.25) is 5.39 Å². The van der Waals surface area contributed by atoms with Gasteiger partial charge in [-0.1, -0.05) is 49.9 Å². The second kappa shape index (κ2) is 4.92. The standard InChI is InChI=1S/C12H9N2.CH4/c13-14-12-9-5-4-8-11(12)10-6-2-1-3-7-10;/h1-9H;1H4/q+1;. The molecule has 0 saturated heterocycles. The maximum atomic E-state index is 8.80. The molecule has 0 aliphatic heterocycles. The van der Waals surface area contributed by atoms with Gasteiger partial charge in [-0.05, 0) is 11.6 Å². The molecule has 0 radical (unpaired) electrons. The zero-order valence-electron chi connectivity index (χ0n) is 7.59. The number of hydrogen-bond donors (Lipinski definition) is 0. The average Bonchev–Trinajstić information content (AvgIpc) is 2.30. The predicted molar refractivity (Wildman–Crippen MR) is 63.4 cm³/mol. The summed E-state index contributed by atoms with van der Waals surface area (Å²) in [5, 5.41) is 8.80. The quantitative estimate of drug-likeness (QED) is 0.620. The van der Waals surface area contributed by atoms with Crippen molar-refractivity contribution in [2.45, 2.75) is 7.43 Å². The van der Waals surface area contributed by atoms with E-state index in [2.05, 4.69) is 4.98 Å². The van der Waals surface area contributed by atoms with Gasteiger partial charge in [0.05, 0.1) is 5.56 Å². The molecule has 0 saturated carbocycles.